The Morgan fingerprint density at radius 3 is 2.38 bits per heavy atom. The van der Waals surface area contributed by atoms with Crippen LogP contribution in [-0.4, -0.2) is 129 Å². The number of aliphatic hydroxyl groups excluding tert-OH is 2. The number of aryl methyl sites for hydroxylation is 1. The van der Waals surface area contributed by atoms with Gasteiger partial charge in [-0.1, -0.05) is 45.9 Å². The molecule has 0 unspecified atom stereocenters. The van der Waals surface area contributed by atoms with E-state index in [0.29, 0.717) is 13.0 Å². The molecular formula is C46H59N5O13. The number of nitrogens with one attached hydrogen (secondary N) is 2. The number of alkyl carbamates (subject to hydrolysis) is 1. The molecule has 5 heterocycles. The van der Waals surface area contributed by atoms with E-state index in [1.54, 1.807) is 57.3 Å². The second kappa shape index (κ2) is 19.9. The molecule has 18 nitrogen and oxygen atoms in total. The smallest absolute Gasteiger partial charge is 0.407 e. The second-order valence-corrected chi connectivity index (χ2v) is 17.0. The summed E-state index contributed by atoms with van der Waals surface area (Å²) in [5.41, 5.74) is -1.52. The van der Waals surface area contributed by atoms with Crippen molar-refractivity contribution in [3.05, 3.63) is 88.5 Å². The number of phenols is 1. The maximum absolute atomic E-state index is 14.8. The summed E-state index contributed by atoms with van der Waals surface area (Å²) in [6.45, 7) is 12.8. The average molecular weight is 890 g/mol. The molecule has 18 heteroatoms. The molecule has 346 valence electrons. The number of allylic oxidation sites excluding steroid dienone is 4. The minimum absolute atomic E-state index is 0.00624. The largest absolute Gasteiger partial charge is 0.507 e. The second-order valence-electron chi connectivity index (χ2n) is 17.0. The van der Waals surface area contributed by atoms with Crippen molar-refractivity contribution in [2.45, 2.75) is 91.6 Å². The fourth-order valence-corrected chi connectivity index (χ4v) is 8.61. The van der Waals surface area contributed by atoms with E-state index in [1.165, 1.54) is 46.3 Å². The highest BCUT2D eigenvalue weighted by atomic mass is 16.7. The first-order chi connectivity index (χ1) is 30.4. The zero-order chi connectivity index (χ0) is 46.6. The van der Waals surface area contributed by atoms with Gasteiger partial charge in [-0.25, -0.2) is 9.78 Å². The topological polar surface area (TPSA) is 237 Å². The molecule has 0 saturated carbocycles. The summed E-state index contributed by atoms with van der Waals surface area (Å²) < 4.78 is 31.4. The maximum Gasteiger partial charge on any atom is 0.407 e. The Bertz CT molecular complexity index is 2240. The van der Waals surface area contributed by atoms with Crippen LogP contribution in [0.2, 0.25) is 0 Å². The van der Waals surface area contributed by atoms with Crippen LogP contribution in [0, 0.1) is 30.6 Å². The Balaban J connectivity index is 1.39. The first kappa shape index (κ1) is 47.7. The third kappa shape index (κ3) is 9.50. The number of rotatable bonds is 7. The number of nitrogens with zero attached hydrogens (tertiary/aromatic N) is 3. The molecule has 9 atom stereocenters. The Hall–Kier alpha value is -5.82. The number of phenolic OH excluding ortho intramolecular Hbond substituents is 1. The summed E-state index contributed by atoms with van der Waals surface area (Å²) >= 11 is 0. The molecule has 5 N–H and O–H groups in total. The Kier molecular flexibility index (Phi) is 14.8. The zero-order valence-electron chi connectivity index (χ0n) is 37.5. The SMILES string of the molecule is CO[C@H]1C=CO[C@@]2(C)Oc3c(C)c(O)c4c(c3C2=O)C(=O)C(N2CCOCC2)=C(NC(=O)C(C)=CC=C[C@H](C)[C@H](O)[C@@H](C)[C@@H](O)[C@@H](C)[C@H](OC(=O)NCCCn2ccnc2)[C@@H]1C)C4=O. The lowest BCUT2D eigenvalue weighted by Gasteiger charge is -2.38. The lowest BCUT2D eigenvalue weighted by Crippen LogP contribution is -2.47. The number of Topliss-reactive ketones (excluding diaryl/α,β-unsaturated/α-hetero) is 3. The van der Waals surface area contributed by atoms with E-state index in [1.807, 2.05) is 10.8 Å². The molecule has 1 aliphatic carbocycles. The van der Waals surface area contributed by atoms with E-state index in [9.17, 15) is 39.3 Å². The fraction of sp³-hybridized carbons (Fsp3) is 0.522. The van der Waals surface area contributed by atoms with Crippen molar-refractivity contribution >= 4 is 29.4 Å². The number of morpholine rings is 1. The molecule has 7 rings (SSSR count). The van der Waals surface area contributed by atoms with Gasteiger partial charge in [0.25, 0.3) is 11.7 Å². The van der Waals surface area contributed by atoms with Crippen molar-refractivity contribution in [1.82, 2.24) is 25.1 Å². The van der Waals surface area contributed by atoms with Gasteiger partial charge in [0.05, 0.1) is 60.8 Å². The van der Waals surface area contributed by atoms with Gasteiger partial charge in [-0.2, -0.15) is 0 Å². The molecule has 64 heavy (non-hydrogen) atoms. The number of hydrogen-bond donors (Lipinski definition) is 5. The Morgan fingerprint density at radius 1 is 0.984 bits per heavy atom. The quantitative estimate of drug-likeness (QED) is 0.249. The van der Waals surface area contributed by atoms with Gasteiger partial charge in [0, 0.05) is 87.4 Å². The maximum atomic E-state index is 14.8. The number of methoxy groups -OCH3 is 1. The van der Waals surface area contributed by atoms with Crippen LogP contribution in [0.5, 0.6) is 11.5 Å². The molecule has 0 radical (unpaired) electrons. The molecule has 0 spiro atoms. The monoisotopic (exact) mass is 889 g/mol. The van der Waals surface area contributed by atoms with Gasteiger partial charge in [0.2, 0.25) is 11.6 Å². The predicted molar refractivity (Wildman–Crippen MR) is 230 cm³/mol. The van der Waals surface area contributed by atoms with Crippen molar-refractivity contribution in [1.29, 1.82) is 0 Å². The van der Waals surface area contributed by atoms with Crippen molar-refractivity contribution in [3.8, 4) is 11.5 Å². The van der Waals surface area contributed by atoms with Gasteiger partial charge in [-0.15, -0.1) is 0 Å². The van der Waals surface area contributed by atoms with Crippen molar-refractivity contribution < 1.29 is 63.0 Å². The number of benzene rings is 1. The van der Waals surface area contributed by atoms with Crippen LogP contribution in [-0.2, 0) is 30.3 Å². The van der Waals surface area contributed by atoms with Gasteiger partial charge in [-0.3, -0.25) is 19.2 Å². The van der Waals surface area contributed by atoms with Crippen LogP contribution in [0.1, 0.15) is 84.6 Å². The van der Waals surface area contributed by atoms with Gasteiger partial charge < -0.3 is 59.1 Å². The van der Waals surface area contributed by atoms with Crippen molar-refractivity contribution in [2.24, 2.45) is 23.7 Å². The Morgan fingerprint density at radius 2 is 1.70 bits per heavy atom. The van der Waals surface area contributed by atoms with E-state index in [0.717, 1.165) is 0 Å². The van der Waals surface area contributed by atoms with E-state index < -0.39 is 94.5 Å². The molecule has 5 bridgehead atoms. The number of carbonyl (C=O) groups excluding carboxylic acids is 5. The summed E-state index contributed by atoms with van der Waals surface area (Å²) in [5.74, 6) is -8.80. The number of ether oxygens (including phenoxy) is 5. The lowest BCUT2D eigenvalue weighted by atomic mass is 9.78. The highest BCUT2D eigenvalue weighted by Crippen LogP contribution is 2.49. The standard InChI is InChI=1S/C46H59N5O13/c1-24-11-9-12-25(2)44(58)49-34-35(51-18-21-61-22-19-51)40(56)31-32(39(34)55)38(54)29(6)42-33(31)43(57)46(7,64-42)62-20-13-30(60-8)26(3)41(28(5)37(53)27(4)36(24)52)63-45(59)48-14-10-16-50-17-15-47-23-50/h9,11-13,15,17,20,23-24,26-28,30,36-37,41,52-54H,10,14,16,18-19,21-22H2,1-8H3,(H,48,59)(H,49,58)/t24-,26+,27+,28+,30-,36-,37+,41+,46-/m0/s1. The molecule has 1 aromatic carbocycles. The Labute approximate surface area is 371 Å². The van der Waals surface area contributed by atoms with Crippen LogP contribution < -0.4 is 15.4 Å². The minimum atomic E-state index is -2.10. The van der Waals surface area contributed by atoms with Crippen LogP contribution in [0.4, 0.5) is 4.79 Å². The number of aromatic hydroxyl groups is 1. The molecule has 1 fully saturated rings. The summed E-state index contributed by atoms with van der Waals surface area (Å²) in [6.07, 6.45) is 8.20. The van der Waals surface area contributed by atoms with E-state index in [-0.39, 0.29) is 72.3 Å². The third-order valence-corrected chi connectivity index (χ3v) is 12.6. The van der Waals surface area contributed by atoms with Crippen LogP contribution in [0.25, 0.3) is 0 Å². The lowest BCUT2D eigenvalue weighted by molar-refractivity contribution is -0.116. The summed E-state index contributed by atoms with van der Waals surface area (Å²) in [5, 5.41) is 40.2. The molecular weight excluding hydrogens is 831 g/mol. The normalized spacial score (nSPS) is 29.3. The molecule has 1 aromatic heterocycles. The molecule has 5 aliphatic rings. The molecule has 2 amide bonds. The number of imidazole rings is 1. The zero-order valence-corrected chi connectivity index (χ0v) is 37.5. The third-order valence-electron chi connectivity index (χ3n) is 12.6. The predicted octanol–water partition coefficient (Wildman–Crippen LogP) is 3.74. The van der Waals surface area contributed by atoms with Crippen LogP contribution in [0.15, 0.2) is 66.3 Å². The van der Waals surface area contributed by atoms with Gasteiger partial charge in [0.15, 0.2) is 0 Å². The number of carbonyl (C=O) groups is 5. The number of ketones is 3. The summed E-state index contributed by atoms with van der Waals surface area (Å²) in [4.78, 5) is 76.5. The van der Waals surface area contributed by atoms with Crippen molar-refractivity contribution in [2.75, 3.05) is 40.0 Å². The first-order valence-corrected chi connectivity index (χ1v) is 21.5. The average Bonchev–Trinajstić information content (AvgIpc) is 3.90. The summed E-state index contributed by atoms with van der Waals surface area (Å²) in [7, 11) is 1.43. The fourth-order valence-electron chi connectivity index (χ4n) is 8.61. The molecule has 4 aliphatic heterocycles. The minimum Gasteiger partial charge on any atom is -0.507 e. The highest BCUT2D eigenvalue weighted by molar-refractivity contribution is 6.32. The number of hydrogen-bond acceptors (Lipinski definition) is 15. The van der Waals surface area contributed by atoms with E-state index >= 15 is 0 Å². The summed E-state index contributed by atoms with van der Waals surface area (Å²) in [6, 6.07) is 0. The van der Waals surface area contributed by atoms with Crippen LogP contribution >= 0.6 is 0 Å². The number of fused-ring (bicyclic) bond motifs is 14. The van der Waals surface area contributed by atoms with E-state index in [4.69, 9.17) is 23.7 Å². The van der Waals surface area contributed by atoms with Crippen molar-refractivity contribution in [3.63, 3.8) is 0 Å². The number of amides is 2. The number of aromatic nitrogens is 2. The van der Waals surface area contributed by atoms with Gasteiger partial charge in [0.1, 0.15) is 29.0 Å². The van der Waals surface area contributed by atoms with E-state index in [2.05, 4.69) is 15.6 Å². The van der Waals surface area contributed by atoms with Crippen LogP contribution in [0.3, 0.4) is 0 Å². The van der Waals surface area contributed by atoms with Gasteiger partial charge >= 0.3 is 11.9 Å². The number of aliphatic hydroxyl groups is 2. The first-order valence-electron chi connectivity index (χ1n) is 21.5. The molecule has 2 aromatic rings. The highest BCUT2D eigenvalue weighted by Gasteiger charge is 2.53. The molecule has 1 saturated heterocycles. The van der Waals surface area contributed by atoms with Gasteiger partial charge in [-0.05, 0) is 26.3 Å².